The molecule has 2 heterocycles. The normalized spacial score (nSPS) is 25.9. The molecule has 1 aromatic carbocycles. The van der Waals surface area contributed by atoms with Crippen molar-refractivity contribution in [1.29, 1.82) is 0 Å². The van der Waals surface area contributed by atoms with Crippen LogP contribution in [0.5, 0.6) is 0 Å². The number of carbonyl (C=O) groups is 1. The van der Waals surface area contributed by atoms with E-state index in [2.05, 4.69) is 11.9 Å². The van der Waals surface area contributed by atoms with Gasteiger partial charge in [0.15, 0.2) is 0 Å². The monoisotopic (exact) mass is 479 g/mol. The lowest BCUT2D eigenvalue weighted by Gasteiger charge is -2.53. The number of para-hydroxylation sites is 1. The molecule has 2 atom stereocenters. The summed E-state index contributed by atoms with van der Waals surface area (Å²) < 4.78 is 1.67. The third kappa shape index (κ3) is 4.54. The molecule has 2 aliphatic carbocycles. The van der Waals surface area contributed by atoms with Crippen LogP contribution in [0.3, 0.4) is 0 Å². The highest BCUT2D eigenvalue weighted by molar-refractivity contribution is 5.79. The number of carbonyl (C=O) groups excluding carboxylic acids is 1. The second-order valence-electron chi connectivity index (χ2n) is 11.7. The number of aromatic nitrogens is 2. The van der Waals surface area contributed by atoms with Crippen LogP contribution in [0.1, 0.15) is 83.4 Å². The zero-order chi connectivity index (χ0) is 24.6. The van der Waals surface area contributed by atoms with Gasteiger partial charge in [0.05, 0.1) is 23.0 Å². The van der Waals surface area contributed by atoms with E-state index >= 15 is 0 Å². The second kappa shape index (κ2) is 9.68. The molecule has 35 heavy (non-hydrogen) atoms. The number of aryl methyl sites for hydroxylation is 1. The van der Waals surface area contributed by atoms with E-state index in [1.54, 1.807) is 4.57 Å². The molecular weight excluding hydrogens is 438 g/mol. The van der Waals surface area contributed by atoms with E-state index in [-0.39, 0.29) is 29.3 Å². The lowest BCUT2D eigenvalue weighted by molar-refractivity contribution is -0.163. The molecule has 190 valence electrons. The number of piperidine rings is 1. The summed E-state index contributed by atoms with van der Waals surface area (Å²) in [5, 5.41) is 12.8. The van der Waals surface area contributed by atoms with Gasteiger partial charge in [0.25, 0.3) is 5.56 Å². The van der Waals surface area contributed by atoms with Crippen LogP contribution in [0.25, 0.3) is 10.9 Å². The van der Waals surface area contributed by atoms with Gasteiger partial charge in [-0.2, -0.15) is 0 Å². The highest BCUT2D eigenvalue weighted by atomic mass is 16.3. The minimum absolute atomic E-state index is 0.0392. The molecule has 0 bridgehead atoms. The van der Waals surface area contributed by atoms with Crippen LogP contribution in [0.2, 0.25) is 0 Å². The molecule has 1 N–H and O–H groups in total. The molecular formula is C29H41N3O3. The fraction of sp³-hybridized carbons (Fsp3) is 0.690. The lowest BCUT2D eigenvalue weighted by Crippen LogP contribution is -2.62. The fourth-order valence-corrected chi connectivity index (χ4v) is 7.35. The highest BCUT2D eigenvalue weighted by Crippen LogP contribution is 2.52. The molecule has 0 radical (unpaired) electrons. The highest BCUT2D eigenvalue weighted by Gasteiger charge is 2.56. The molecule has 1 unspecified atom stereocenters. The molecule has 5 rings (SSSR count). The smallest absolute Gasteiger partial charge is 0.261 e. The SMILES string of the molecule is Cc1nc2ccccc2c(=O)n1CC1(O)CCN(C(=O)[C@H](C)CC2CCCCC2)CC12CCCC2. The van der Waals surface area contributed by atoms with Gasteiger partial charge in [0, 0.05) is 24.4 Å². The van der Waals surface area contributed by atoms with Crippen molar-refractivity contribution >= 4 is 16.8 Å². The topological polar surface area (TPSA) is 75.4 Å². The Morgan fingerprint density at radius 3 is 2.57 bits per heavy atom. The number of nitrogens with zero attached hydrogens (tertiary/aromatic N) is 3. The maximum absolute atomic E-state index is 13.5. The van der Waals surface area contributed by atoms with Crippen molar-refractivity contribution < 1.29 is 9.90 Å². The average molecular weight is 480 g/mol. The molecule has 2 aromatic rings. The Hall–Kier alpha value is -2.21. The van der Waals surface area contributed by atoms with Crippen LogP contribution >= 0.6 is 0 Å². The summed E-state index contributed by atoms with van der Waals surface area (Å²) in [6, 6.07) is 7.42. The average Bonchev–Trinajstić information content (AvgIpc) is 3.34. The molecule has 1 saturated heterocycles. The Balaban J connectivity index is 1.37. The van der Waals surface area contributed by atoms with Crippen molar-refractivity contribution in [2.24, 2.45) is 17.3 Å². The molecule has 2 saturated carbocycles. The van der Waals surface area contributed by atoms with Crippen molar-refractivity contribution in [3.63, 3.8) is 0 Å². The zero-order valence-corrected chi connectivity index (χ0v) is 21.5. The third-order valence-electron chi connectivity index (χ3n) is 9.45. The van der Waals surface area contributed by atoms with Gasteiger partial charge in [0.1, 0.15) is 5.82 Å². The van der Waals surface area contributed by atoms with E-state index in [0.717, 1.165) is 32.1 Å². The number of aliphatic hydroxyl groups is 1. The predicted octanol–water partition coefficient (Wildman–Crippen LogP) is 4.84. The number of hydrogen-bond donors (Lipinski definition) is 1. The van der Waals surface area contributed by atoms with Gasteiger partial charge in [-0.1, -0.05) is 64.0 Å². The van der Waals surface area contributed by atoms with E-state index in [0.29, 0.717) is 42.2 Å². The Labute approximate surface area is 208 Å². The van der Waals surface area contributed by atoms with Crippen molar-refractivity contribution in [1.82, 2.24) is 14.5 Å². The van der Waals surface area contributed by atoms with Crippen molar-refractivity contribution in [2.45, 2.75) is 96.6 Å². The van der Waals surface area contributed by atoms with Crippen LogP contribution in [0, 0.1) is 24.2 Å². The molecule has 1 aromatic heterocycles. The summed E-state index contributed by atoms with van der Waals surface area (Å²) in [6.45, 7) is 5.36. The van der Waals surface area contributed by atoms with Gasteiger partial charge in [-0.3, -0.25) is 14.2 Å². The number of rotatable bonds is 5. The molecule has 3 fully saturated rings. The Kier molecular flexibility index (Phi) is 6.77. The van der Waals surface area contributed by atoms with Gasteiger partial charge in [-0.15, -0.1) is 0 Å². The molecule has 6 heteroatoms. The number of hydrogen-bond acceptors (Lipinski definition) is 4. The maximum atomic E-state index is 13.5. The zero-order valence-electron chi connectivity index (χ0n) is 21.5. The summed E-state index contributed by atoms with van der Waals surface area (Å²) in [5.41, 5.74) is -0.773. The van der Waals surface area contributed by atoms with Crippen molar-refractivity contribution in [2.75, 3.05) is 13.1 Å². The van der Waals surface area contributed by atoms with Gasteiger partial charge >= 0.3 is 0 Å². The minimum Gasteiger partial charge on any atom is -0.387 e. The first kappa shape index (κ1) is 24.5. The molecule has 1 aliphatic heterocycles. The maximum Gasteiger partial charge on any atom is 0.261 e. The van der Waals surface area contributed by atoms with Crippen LogP contribution in [-0.4, -0.2) is 44.2 Å². The number of fused-ring (bicyclic) bond motifs is 1. The number of likely N-dealkylation sites (tertiary alicyclic amines) is 1. The van der Waals surface area contributed by atoms with Gasteiger partial charge in [-0.05, 0) is 50.7 Å². The Bertz CT molecular complexity index is 1130. The third-order valence-corrected chi connectivity index (χ3v) is 9.45. The first-order valence-electron chi connectivity index (χ1n) is 13.8. The summed E-state index contributed by atoms with van der Waals surface area (Å²) in [7, 11) is 0. The summed E-state index contributed by atoms with van der Waals surface area (Å²) in [6.07, 6.45) is 11.9. The fourth-order valence-electron chi connectivity index (χ4n) is 7.35. The Morgan fingerprint density at radius 1 is 1.11 bits per heavy atom. The van der Waals surface area contributed by atoms with Crippen LogP contribution in [0.4, 0.5) is 0 Å². The lowest BCUT2D eigenvalue weighted by atomic mass is 9.65. The van der Waals surface area contributed by atoms with Crippen LogP contribution in [0.15, 0.2) is 29.1 Å². The molecule has 1 spiro atoms. The minimum atomic E-state index is -1.02. The quantitative estimate of drug-likeness (QED) is 0.666. The van der Waals surface area contributed by atoms with Crippen LogP contribution in [-0.2, 0) is 11.3 Å². The number of amides is 1. The van der Waals surface area contributed by atoms with Crippen molar-refractivity contribution in [3.05, 3.63) is 40.4 Å². The summed E-state index contributed by atoms with van der Waals surface area (Å²) in [4.78, 5) is 33.6. The van der Waals surface area contributed by atoms with Crippen molar-refractivity contribution in [3.8, 4) is 0 Å². The first-order valence-corrected chi connectivity index (χ1v) is 13.8. The summed E-state index contributed by atoms with van der Waals surface area (Å²) in [5.74, 6) is 1.61. The molecule has 1 amide bonds. The van der Waals surface area contributed by atoms with E-state index in [1.165, 1.54) is 32.1 Å². The first-order chi connectivity index (χ1) is 16.8. The van der Waals surface area contributed by atoms with Gasteiger partial charge < -0.3 is 10.0 Å². The second-order valence-corrected chi connectivity index (χ2v) is 11.7. The van der Waals surface area contributed by atoms with E-state index in [9.17, 15) is 14.7 Å². The van der Waals surface area contributed by atoms with E-state index < -0.39 is 5.60 Å². The van der Waals surface area contributed by atoms with E-state index in [4.69, 9.17) is 0 Å². The van der Waals surface area contributed by atoms with Gasteiger partial charge in [-0.25, -0.2) is 4.98 Å². The number of benzene rings is 1. The molecule has 6 nitrogen and oxygen atoms in total. The van der Waals surface area contributed by atoms with Gasteiger partial charge in [0.2, 0.25) is 5.91 Å². The standard InChI is InChI=1S/C29H41N3O3/c1-21(18-23-10-4-3-5-11-23)26(33)31-17-16-29(35,28(19-31)14-8-9-15-28)20-32-22(2)30-25-13-7-6-12-24(25)27(32)34/h6-7,12-13,21,23,35H,3-5,8-11,14-20H2,1-2H3/t21-,29?/m1/s1. The Morgan fingerprint density at radius 2 is 1.83 bits per heavy atom. The molecule has 3 aliphatic rings. The largest absolute Gasteiger partial charge is 0.387 e. The predicted molar refractivity (Wildman–Crippen MR) is 138 cm³/mol. The van der Waals surface area contributed by atoms with Crippen LogP contribution < -0.4 is 5.56 Å². The van der Waals surface area contributed by atoms with E-state index in [1.807, 2.05) is 36.1 Å². The summed E-state index contributed by atoms with van der Waals surface area (Å²) >= 11 is 0.